The van der Waals surface area contributed by atoms with E-state index in [0.717, 1.165) is 18.4 Å². The standard InChI is InChI=1S/C15H21N3O2/c1-10-9-11(16)4-7-13(10)15(20)17-8-2-3-14(19)18-12-5-6-12/h4,7,9,12H,2-3,5-6,8,16H2,1H3,(H,17,20)(H,18,19). The van der Waals surface area contributed by atoms with Gasteiger partial charge in [0.25, 0.3) is 5.91 Å². The molecule has 0 aliphatic heterocycles. The molecule has 0 heterocycles. The average Bonchev–Trinajstić information content (AvgIpc) is 3.18. The Morgan fingerprint density at radius 3 is 2.75 bits per heavy atom. The van der Waals surface area contributed by atoms with Crippen molar-refractivity contribution in [2.45, 2.75) is 38.6 Å². The Labute approximate surface area is 118 Å². The molecule has 1 aliphatic rings. The van der Waals surface area contributed by atoms with Crippen LogP contribution in [0.5, 0.6) is 0 Å². The number of aryl methyl sites for hydroxylation is 1. The SMILES string of the molecule is Cc1cc(N)ccc1C(=O)NCCCC(=O)NC1CC1. The molecule has 1 aromatic carbocycles. The largest absolute Gasteiger partial charge is 0.399 e. The molecule has 2 amide bonds. The average molecular weight is 275 g/mol. The summed E-state index contributed by atoms with van der Waals surface area (Å²) >= 11 is 0. The molecule has 0 spiro atoms. The zero-order valence-corrected chi connectivity index (χ0v) is 11.7. The smallest absolute Gasteiger partial charge is 0.251 e. The highest BCUT2D eigenvalue weighted by Crippen LogP contribution is 2.18. The van der Waals surface area contributed by atoms with Crippen LogP contribution in [0.1, 0.15) is 41.6 Å². The number of carbonyl (C=O) groups is 2. The molecule has 4 N–H and O–H groups in total. The number of nitrogen functional groups attached to an aromatic ring is 1. The number of hydrogen-bond donors (Lipinski definition) is 3. The molecule has 20 heavy (non-hydrogen) atoms. The van der Waals surface area contributed by atoms with E-state index in [2.05, 4.69) is 10.6 Å². The van der Waals surface area contributed by atoms with Crippen molar-refractivity contribution in [3.05, 3.63) is 29.3 Å². The topological polar surface area (TPSA) is 84.2 Å². The van der Waals surface area contributed by atoms with Gasteiger partial charge in [0.15, 0.2) is 0 Å². The fourth-order valence-electron chi connectivity index (χ4n) is 2.02. The molecule has 2 rings (SSSR count). The molecule has 0 bridgehead atoms. The number of hydrogen-bond acceptors (Lipinski definition) is 3. The Hall–Kier alpha value is -2.04. The van der Waals surface area contributed by atoms with Crippen LogP contribution in [-0.4, -0.2) is 24.4 Å². The normalized spacial score (nSPS) is 13.8. The summed E-state index contributed by atoms with van der Waals surface area (Å²) in [6.45, 7) is 2.36. The molecule has 1 fully saturated rings. The van der Waals surface area contributed by atoms with Crippen molar-refractivity contribution in [3.8, 4) is 0 Å². The molecule has 0 unspecified atom stereocenters. The second-order valence-electron chi connectivity index (χ2n) is 5.28. The number of benzene rings is 1. The lowest BCUT2D eigenvalue weighted by atomic mass is 10.1. The summed E-state index contributed by atoms with van der Waals surface area (Å²) in [5.74, 6) is -0.0458. The minimum Gasteiger partial charge on any atom is -0.399 e. The third kappa shape index (κ3) is 4.26. The van der Waals surface area contributed by atoms with E-state index in [9.17, 15) is 9.59 Å². The van der Waals surface area contributed by atoms with Gasteiger partial charge in [-0.25, -0.2) is 0 Å². The Balaban J connectivity index is 1.70. The van der Waals surface area contributed by atoms with Crippen LogP contribution in [0, 0.1) is 6.92 Å². The Bertz CT molecular complexity index is 510. The van der Waals surface area contributed by atoms with Gasteiger partial charge in [-0.1, -0.05) is 0 Å². The van der Waals surface area contributed by atoms with E-state index < -0.39 is 0 Å². The maximum absolute atomic E-state index is 12.0. The Morgan fingerprint density at radius 1 is 1.35 bits per heavy atom. The van der Waals surface area contributed by atoms with Crippen LogP contribution in [0.25, 0.3) is 0 Å². The van der Waals surface area contributed by atoms with E-state index in [4.69, 9.17) is 5.73 Å². The van der Waals surface area contributed by atoms with Crippen LogP contribution in [-0.2, 0) is 4.79 Å². The maximum Gasteiger partial charge on any atom is 0.251 e. The van der Waals surface area contributed by atoms with E-state index in [1.54, 1.807) is 18.2 Å². The lowest BCUT2D eigenvalue weighted by Gasteiger charge is -2.08. The van der Waals surface area contributed by atoms with Crippen molar-refractivity contribution in [2.75, 3.05) is 12.3 Å². The first kappa shape index (κ1) is 14.4. The molecule has 1 aromatic rings. The summed E-state index contributed by atoms with van der Waals surface area (Å²) in [7, 11) is 0. The van der Waals surface area contributed by atoms with Gasteiger partial charge in [0.2, 0.25) is 5.91 Å². The number of nitrogens with one attached hydrogen (secondary N) is 2. The lowest BCUT2D eigenvalue weighted by Crippen LogP contribution is -2.28. The van der Waals surface area contributed by atoms with Crippen LogP contribution >= 0.6 is 0 Å². The minimum absolute atomic E-state index is 0.0745. The van der Waals surface area contributed by atoms with E-state index in [1.807, 2.05) is 6.92 Å². The summed E-state index contributed by atoms with van der Waals surface area (Å²) < 4.78 is 0. The summed E-state index contributed by atoms with van der Waals surface area (Å²) in [6.07, 6.45) is 3.30. The molecule has 0 radical (unpaired) electrons. The Morgan fingerprint density at radius 2 is 2.10 bits per heavy atom. The molecule has 0 atom stereocenters. The van der Waals surface area contributed by atoms with Gasteiger partial charge in [-0.05, 0) is 49.9 Å². The summed E-state index contributed by atoms with van der Waals surface area (Å²) in [5.41, 5.74) is 7.78. The van der Waals surface area contributed by atoms with Crippen molar-refractivity contribution in [1.82, 2.24) is 10.6 Å². The number of amides is 2. The van der Waals surface area contributed by atoms with E-state index in [0.29, 0.717) is 36.7 Å². The number of carbonyl (C=O) groups excluding carboxylic acids is 2. The highest BCUT2D eigenvalue weighted by molar-refractivity contribution is 5.96. The van der Waals surface area contributed by atoms with Gasteiger partial charge in [0.1, 0.15) is 0 Å². The van der Waals surface area contributed by atoms with Crippen molar-refractivity contribution >= 4 is 17.5 Å². The lowest BCUT2D eigenvalue weighted by molar-refractivity contribution is -0.121. The highest BCUT2D eigenvalue weighted by atomic mass is 16.2. The quantitative estimate of drug-likeness (QED) is 0.541. The van der Waals surface area contributed by atoms with Gasteiger partial charge in [0, 0.05) is 30.3 Å². The third-order valence-corrected chi connectivity index (χ3v) is 3.30. The number of anilines is 1. The molecule has 1 saturated carbocycles. The van der Waals surface area contributed by atoms with Crippen LogP contribution in [0.2, 0.25) is 0 Å². The van der Waals surface area contributed by atoms with Gasteiger partial charge in [0.05, 0.1) is 0 Å². The summed E-state index contributed by atoms with van der Waals surface area (Å²) in [6, 6.07) is 5.61. The van der Waals surface area contributed by atoms with E-state index >= 15 is 0 Å². The molecule has 5 heteroatoms. The van der Waals surface area contributed by atoms with Crippen molar-refractivity contribution in [3.63, 3.8) is 0 Å². The first-order chi connectivity index (χ1) is 9.56. The second kappa shape index (κ2) is 6.41. The fourth-order valence-corrected chi connectivity index (χ4v) is 2.02. The van der Waals surface area contributed by atoms with Crippen LogP contribution in [0.4, 0.5) is 5.69 Å². The molecular formula is C15H21N3O2. The van der Waals surface area contributed by atoms with Gasteiger partial charge < -0.3 is 16.4 Å². The summed E-state index contributed by atoms with van der Waals surface area (Å²) in [4.78, 5) is 23.4. The van der Waals surface area contributed by atoms with Crippen LogP contribution in [0.15, 0.2) is 18.2 Å². The van der Waals surface area contributed by atoms with Gasteiger partial charge in [-0.2, -0.15) is 0 Å². The third-order valence-electron chi connectivity index (χ3n) is 3.30. The van der Waals surface area contributed by atoms with Crippen molar-refractivity contribution in [1.29, 1.82) is 0 Å². The first-order valence-corrected chi connectivity index (χ1v) is 7.00. The number of rotatable bonds is 6. The molecule has 1 aliphatic carbocycles. The van der Waals surface area contributed by atoms with Gasteiger partial charge in [-0.3, -0.25) is 9.59 Å². The number of nitrogens with two attached hydrogens (primary N) is 1. The highest BCUT2D eigenvalue weighted by Gasteiger charge is 2.22. The maximum atomic E-state index is 12.0. The minimum atomic E-state index is -0.120. The van der Waals surface area contributed by atoms with E-state index in [1.165, 1.54) is 0 Å². The molecule has 0 aromatic heterocycles. The van der Waals surface area contributed by atoms with Crippen LogP contribution in [0.3, 0.4) is 0 Å². The first-order valence-electron chi connectivity index (χ1n) is 7.00. The predicted molar refractivity (Wildman–Crippen MR) is 78.3 cm³/mol. The second-order valence-corrected chi connectivity index (χ2v) is 5.28. The fraction of sp³-hybridized carbons (Fsp3) is 0.467. The molecule has 5 nitrogen and oxygen atoms in total. The summed E-state index contributed by atoms with van der Waals surface area (Å²) in [5, 5.41) is 5.75. The molecular weight excluding hydrogens is 254 g/mol. The van der Waals surface area contributed by atoms with Crippen LogP contribution < -0.4 is 16.4 Å². The van der Waals surface area contributed by atoms with Gasteiger partial charge >= 0.3 is 0 Å². The Kier molecular flexibility index (Phi) is 4.61. The van der Waals surface area contributed by atoms with Gasteiger partial charge in [-0.15, -0.1) is 0 Å². The zero-order valence-electron chi connectivity index (χ0n) is 11.7. The molecule has 108 valence electrons. The monoisotopic (exact) mass is 275 g/mol. The van der Waals surface area contributed by atoms with E-state index in [-0.39, 0.29) is 11.8 Å². The van der Waals surface area contributed by atoms with Crippen molar-refractivity contribution < 1.29 is 9.59 Å². The molecule has 0 saturated heterocycles. The predicted octanol–water partition coefficient (Wildman–Crippen LogP) is 1.37. The zero-order chi connectivity index (χ0) is 14.5. The van der Waals surface area contributed by atoms with Crippen molar-refractivity contribution in [2.24, 2.45) is 0 Å².